The van der Waals surface area contributed by atoms with E-state index in [0.717, 1.165) is 147 Å². The summed E-state index contributed by atoms with van der Waals surface area (Å²) in [4.78, 5) is 16.9. The van der Waals surface area contributed by atoms with Crippen molar-refractivity contribution in [2.24, 2.45) is 35.2 Å². The summed E-state index contributed by atoms with van der Waals surface area (Å²) in [7, 11) is 8.79. The fraction of sp³-hybridized carbons (Fsp3) is 0.310. The first-order valence-electron chi connectivity index (χ1n) is 37.7. The van der Waals surface area contributed by atoms with Crippen LogP contribution in [0.4, 0.5) is 0 Å². The highest BCUT2D eigenvalue weighted by Gasteiger charge is 2.52. The predicted molar refractivity (Wildman–Crippen MR) is 449 cm³/mol. The Balaban J connectivity index is 0.000000119. The van der Waals surface area contributed by atoms with Gasteiger partial charge in [0.15, 0.2) is 0 Å². The van der Waals surface area contributed by atoms with Crippen molar-refractivity contribution in [1.29, 1.82) is 26.3 Å². The molecule has 4 atom stereocenters. The van der Waals surface area contributed by atoms with Crippen molar-refractivity contribution in [1.82, 2.24) is 68.8 Å². The number of fused-ring (bicyclic) bond motifs is 9. The quantitative estimate of drug-likeness (QED) is 0.119. The van der Waals surface area contributed by atoms with Crippen molar-refractivity contribution in [3.63, 3.8) is 0 Å². The van der Waals surface area contributed by atoms with Crippen LogP contribution in [0.25, 0.3) is 87.9 Å². The third-order valence-electron chi connectivity index (χ3n) is 22.4. The summed E-state index contributed by atoms with van der Waals surface area (Å²) in [6.45, 7) is 17.8. The summed E-state index contributed by atoms with van der Waals surface area (Å²) in [5.74, 6) is 0. The molecule has 1 saturated heterocycles. The van der Waals surface area contributed by atoms with Gasteiger partial charge in [0.1, 0.15) is 22.4 Å². The molecule has 5 aliphatic heterocycles. The fourth-order valence-corrected chi connectivity index (χ4v) is 16.0. The molecule has 602 valence electrons. The zero-order valence-corrected chi connectivity index (χ0v) is 70.7. The van der Waals surface area contributed by atoms with Crippen LogP contribution in [-0.2, 0) is 112 Å². The van der Waals surface area contributed by atoms with E-state index < -0.39 is 40.7 Å². The number of halogens is 2. The monoisotopic (exact) mass is 1720 g/mol. The van der Waals surface area contributed by atoms with Gasteiger partial charge in [0.05, 0.1) is 181 Å². The predicted octanol–water partition coefficient (Wildman–Crippen LogP) is 12.3. The third kappa shape index (κ3) is 16.2. The molecular formula is C87H82BBr2N19O10. The summed E-state index contributed by atoms with van der Waals surface area (Å²) in [5, 5.41) is 113. The van der Waals surface area contributed by atoms with Gasteiger partial charge in [-0.2, -0.15) is 51.8 Å². The molecule has 4 unspecified atom stereocenters. The summed E-state index contributed by atoms with van der Waals surface area (Å²) in [6.07, 6.45) is 22.2. The van der Waals surface area contributed by atoms with Gasteiger partial charge < -0.3 is 48.7 Å². The van der Waals surface area contributed by atoms with Crippen LogP contribution in [0.5, 0.6) is 0 Å². The molecule has 32 heteroatoms. The van der Waals surface area contributed by atoms with Gasteiger partial charge in [-0.25, -0.2) is 0 Å². The molecule has 9 aromatic heterocycles. The van der Waals surface area contributed by atoms with Gasteiger partial charge in [0.2, 0.25) is 0 Å². The molecule has 0 aliphatic carbocycles. The Kier molecular flexibility index (Phi) is 23.0. The average molecular weight is 1720 g/mol. The Morgan fingerprint density at radius 3 is 0.924 bits per heavy atom. The van der Waals surface area contributed by atoms with E-state index in [1.165, 1.54) is 0 Å². The lowest BCUT2D eigenvalue weighted by atomic mass is 9.78. The number of nitrogens with zero attached hydrogens (tertiary/aromatic N) is 19. The van der Waals surface area contributed by atoms with E-state index in [4.69, 9.17) is 33.5 Å². The van der Waals surface area contributed by atoms with Crippen molar-refractivity contribution in [3.05, 3.63) is 222 Å². The third-order valence-corrected chi connectivity index (χ3v) is 23.5. The topological polar surface area (TPSA) is 396 Å². The van der Waals surface area contributed by atoms with Crippen molar-refractivity contribution >= 4 is 99.0 Å². The van der Waals surface area contributed by atoms with Crippen molar-refractivity contribution in [2.75, 3.05) is 26.4 Å². The molecule has 14 aromatic rings. The first kappa shape index (κ1) is 83.6. The molecule has 4 N–H and O–H groups in total. The van der Waals surface area contributed by atoms with Gasteiger partial charge in [-0.05, 0) is 171 Å². The van der Waals surface area contributed by atoms with Crippen LogP contribution < -0.4 is 5.46 Å². The maximum Gasteiger partial charge on any atom is 0.494 e. The highest BCUT2D eigenvalue weighted by atomic mass is 79.9. The van der Waals surface area contributed by atoms with Crippen LogP contribution >= 0.6 is 31.9 Å². The second kappa shape index (κ2) is 32.8. The number of pyridine rings is 4. The van der Waals surface area contributed by atoms with Gasteiger partial charge in [0, 0.05) is 165 Å². The number of aryl methyl sites for hydroxylation is 5. The smallest absolute Gasteiger partial charge is 0.399 e. The standard InChI is InChI=1S/3C18H16N4O2.C15H18BN3O2.C9H6BrN3.C9H10BrNO2/c3*1-18(23)10-24-9-15-13(6-20-8-16(15)18)11-3-12(5-19)14-7-21-22(2)17(14)4-11;1-14(2)15(3,4)21-16(20-14)11-6-10(8-17)12-9-18-19(5)13(12)7-11;1-13-9-3-7(10)2-6(4-11)8(9)5-12-13;1-9(12)5-13-4-6-7(9)2-11-3-8(6)10/h3*3-4,6-8,23H,9-10H2,1-2H3;6-7,9H,1-5H3;2-3,5H,1H3;2-3,12H,4-5H2,1H3. The maximum atomic E-state index is 10.6. The van der Waals surface area contributed by atoms with Gasteiger partial charge in [-0.1, -0.05) is 15.9 Å². The van der Waals surface area contributed by atoms with Gasteiger partial charge >= 0.3 is 7.12 Å². The fourth-order valence-electron chi connectivity index (χ4n) is 15.1. The molecule has 0 radical (unpaired) electrons. The van der Waals surface area contributed by atoms with Crippen LogP contribution in [0.15, 0.2) is 150 Å². The lowest BCUT2D eigenvalue weighted by Crippen LogP contribution is -2.41. The highest BCUT2D eigenvalue weighted by Crippen LogP contribution is 2.43. The SMILES string of the molecule is CC1(O)COCc2c(Br)cncc21.Cn1ncc2c(C#N)cc(-c3cncc4c3COCC4(C)O)cc21.Cn1ncc2c(C#N)cc(-c3cncc4c3COCC4(C)O)cc21.Cn1ncc2c(C#N)cc(-c3cncc4c3COCC4(C)O)cc21.Cn1ncc2c(C#N)cc(B3OC(C)(C)C(C)(C)O3)cc21.Cn1ncc2c(C#N)cc(Br)cc21. The van der Waals surface area contributed by atoms with Crippen LogP contribution in [-0.4, -0.2) is 134 Å². The normalized spacial score (nSPS) is 19.6. The summed E-state index contributed by atoms with van der Waals surface area (Å²) < 4.78 is 44.6. The van der Waals surface area contributed by atoms with E-state index in [-0.39, 0.29) is 19.8 Å². The second-order valence-corrected chi connectivity index (χ2v) is 33.4. The zero-order valence-electron chi connectivity index (χ0n) is 67.5. The molecule has 14 heterocycles. The Hall–Kier alpha value is -11.9. The Morgan fingerprint density at radius 2 is 0.613 bits per heavy atom. The number of hydrogen-bond donors (Lipinski definition) is 4. The number of ether oxygens (including phenoxy) is 4. The van der Waals surface area contributed by atoms with Crippen LogP contribution in [0, 0.1) is 56.7 Å². The minimum atomic E-state index is -1.06. The minimum Gasteiger partial charge on any atom is -0.399 e. The number of aliphatic hydroxyl groups is 4. The van der Waals surface area contributed by atoms with E-state index in [1.54, 1.807) is 138 Å². The Labute approximate surface area is 701 Å². The highest BCUT2D eigenvalue weighted by molar-refractivity contribution is 9.10. The number of nitriles is 5. The molecule has 119 heavy (non-hydrogen) atoms. The van der Waals surface area contributed by atoms with Crippen LogP contribution in [0.3, 0.4) is 0 Å². The summed E-state index contributed by atoms with van der Waals surface area (Å²) in [6, 6.07) is 30.1. The van der Waals surface area contributed by atoms with E-state index >= 15 is 0 Å². The summed E-state index contributed by atoms with van der Waals surface area (Å²) >= 11 is 6.73. The molecule has 0 amide bonds. The van der Waals surface area contributed by atoms with E-state index in [0.29, 0.717) is 60.9 Å². The van der Waals surface area contributed by atoms with E-state index in [2.05, 4.69) is 108 Å². The van der Waals surface area contributed by atoms with Crippen molar-refractivity contribution in [3.8, 4) is 63.7 Å². The first-order valence-corrected chi connectivity index (χ1v) is 39.3. The number of rotatable bonds is 4. The van der Waals surface area contributed by atoms with Gasteiger partial charge in [-0.3, -0.25) is 43.3 Å². The lowest BCUT2D eigenvalue weighted by Gasteiger charge is -2.32. The molecule has 19 rings (SSSR count). The van der Waals surface area contributed by atoms with Gasteiger partial charge in [0.25, 0.3) is 0 Å². The van der Waals surface area contributed by atoms with Crippen LogP contribution in [0.2, 0.25) is 0 Å². The molecule has 29 nitrogen and oxygen atoms in total. The molecule has 5 aromatic carbocycles. The van der Waals surface area contributed by atoms with Crippen LogP contribution in [0.1, 0.15) is 128 Å². The molecular weight excluding hydrogens is 1640 g/mol. The largest absolute Gasteiger partial charge is 0.494 e. The second-order valence-electron chi connectivity index (χ2n) is 31.6. The van der Waals surface area contributed by atoms with E-state index in [9.17, 15) is 41.5 Å². The molecule has 1 fully saturated rings. The minimum absolute atomic E-state index is 0.245. The van der Waals surface area contributed by atoms with E-state index in [1.807, 2.05) is 118 Å². The molecule has 0 bridgehead atoms. The first-order chi connectivity index (χ1) is 56.6. The van der Waals surface area contributed by atoms with Gasteiger partial charge in [-0.15, -0.1) is 0 Å². The molecule has 0 saturated carbocycles. The van der Waals surface area contributed by atoms with Crippen molar-refractivity contribution < 1.29 is 48.7 Å². The Bertz CT molecular complexity index is 6180. The average Bonchev–Trinajstić information content (AvgIpc) is 1.20. The molecule has 5 aliphatic rings. The lowest BCUT2D eigenvalue weighted by molar-refractivity contribution is -0.0609. The zero-order chi connectivity index (χ0) is 85.0. The summed E-state index contributed by atoms with van der Waals surface area (Å²) in [5.41, 5.74) is 15.5. The Morgan fingerprint density at radius 1 is 0.345 bits per heavy atom. The number of aromatic nitrogens is 14. The maximum absolute atomic E-state index is 10.6. The molecule has 0 spiro atoms. The number of benzene rings is 5. The van der Waals surface area contributed by atoms with Crippen molar-refractivity contribution in [2.45, 2.75) is 115 Å². The number of hydrogen-bond acceptors (Lipinski definition) is 24.